The molecule has 0 fully saturated rings. The number of aromatic hydroxyl groups is 1. The van der Waals surface area contributed by atoms with Crippen LogP contribution < -0.4 is 14.4 Å². The molecule has 0 radical (unpaired) electrons. The summed E-state index contributed by atoms with van der Waals surface area (Å²) in [5.41, 5.74) is 0.619. The van der Waals surface area contributed by atoms with E-state index in [0.717, 1.165) is 0 Å². The summed E-state index contributed by atoms with van der Waals surface area (Å²) in [6.07, 6.45) is 0. The SMILES string of the molecule is CCN(C(=O)CBr)c1cc(OC)c(O)c(OC)c1. The van der Waals surface area contributed by atoms with Crippen LogP contribution in [0.5, 0.6) is 17.2 Å². The number of rotatable bonds is 5. The molecule has 18 heavy (non-hydrogen) atoms. The molecule has 0 saturated heterocycles. The number of carbonyl (C=O) groups is 1. The standard InChI is InChI=1S/C12H16BrNO4/c1-4-14(11(15)7-13)8-5-9(17-2)12(16)10(6-8)18-3/h5-6,16H,4,7H2,1-3H3. The van der Waals surface area contributed by atoms with Crippen LogP contribution in [0.3, 0.4) is 0 Å². The van der Waals surface area contributed by atoms with Crippen molar-refractivity contribution in [2.24, 2.45) is 0 Å². The van der Waals surface area contributed by atoms with Gasteiger partial charge in [0.2, 0.25) is 11.7 Å². The fourth-order valence-corrected chi connectivity index (χ4v) is 1.91. The van der Waals surface area contributed by atoms with Crippen molar-refractivity contribution in [3.8, 4) is 17.2 Å². The second-order valence-electron chi connectivity index (χ2n) is 3.47. The molecule has 1 N–H and O–H groups in total. The number of methoxy groups -OCH3 is 2. The molecule has 0 aliphatic heterocycles. The molecule has 6 heteroatoms. The molecule has 1 rings (SSSR count). The third-order valence-electron chi connectivity index (χ3n) is 2.51. The fourth-order valence-electron chi connectivity index (χ4n) is 1.61. The molecule has 1 aromatic rings. The molecule has 100 valence electrons. The Labute approximate surface area is 114 Å². The largest absolute Gasteiger partial charge is 0.502 e. The van der Waals surface area contributed by atoms with E-state index >= 15 is 0 Å². The molecule has 0 saturated carbocycles. The van der Waals surface area contributed by atoms with Gasteiger partial charge in [0, 0.05) is 18.7 Å². The minimum Gasteiger partial charge on any atom is -0.502 e. The van der Waals surface area contributed by atoms with Crippen LogP contribution in [-0.2, 0) is 4.79 Å². The van der Waals surface area contributed by atoms with Gasteiger partial charge in [0.1, 0.15) is 0 Å². The second-order valence-corrected chi connectivity index (χ2v) is 4.03. The number of carbonyl (C=O) groups excluding carboxylic acids is 1. The van der Waals surface area contributed by atoms with Gasteiger partial charge in [-0.25, -0.2) is 0 Å². The first-order valence-corrected chi connectivity index (χ1v) is 6.52. The van der Waals surface area contributed by atoms with E-state index in [2.05, 4.69) is 15.9 Å². The molecule has 0 aliphatic carbocycles. The van der Waals surface area contributed by atoms with Crippen molar-refractivity contribution < 1.29 is 19.4 Å². The Morgan fingerprint density at radius 3 is 2.17 bits per heavy atom. The number of halogens is 1. The maximum Gasteiger partial charge on any atom is 0.237 e. The van der Waals surface area contributed by atoms with Crippen molar-refractivity contribution >= 4 is 27.5 Å². The Morgan fingerprint density at radius 2 is 1.83 bits per heavy atom. The van der Waals surface area contributed by atoms with Crippen LogP contribution >= 0.6 is 15.9 Å². The van der Waals surface area contributed by atoms with Gasteiger partial charge < -0.3 is 19.5 Å². The number of benzene rings is 1. The Kier molecular flexibility index (Phi) is 5.27. The van der Waals surface area contributed by atoms with Gasteiger partial charge in [-0.05, 0) is 6.92 Å². The normalized spacial score (nSPS) is 10.0. The van der Waals surface area contributed by atoms with Gasteiger partial charge in [-0.15, -0.1) is 0 Å². The van der Waals surface area contributed by atoms with Crippen molar-refractivity contribution in [3.63, 3.8) is 0 Å². The van der Waals surface area contributed by atoms with Crippen LogP contribution in [0.4, 0.5) is 5.69 Å². The Morgan fingerprint density at radius 1 is 1.33 bits per heavy atom. The number of hydrogen-bond donors (Lipinski definition) is 1. The molecule has 5 nitrogen and oxygen atoms in total. The minimum absolute atomic E-state index is 0.0766. The van der Waals surface area contributed by atoms with Gasteiger partial charge in [-0.1, -0.05) is 15.9 Å². The number of hydrogen-bond acceptors (Lipinski definition) is 4. The Balaban J connectivity index is 3.27. The zero-order valence-corrected chi connectivity index (χ0v) is 12.2. The summed E-state index contributed by atoms with van der Waals surface area (Å²) >= 11 is 3.14. The average Bonchev–Trinajstić information content (AvgIpc) is 2.40. The zero-order valence-electron chi connectivity index (χ0n) is 10.6. The summed E-state index contributed by atoms with van der Waals surface area (Å²) in [6.45, 7) is 2.38. The highest BCUT2D eigenvalue weighted by molar-refractivity contribution is 9.09. The van der Waals surface area contributed by atoms with Gasteiger partial charge >= 0.3 is 0 Å². The first kappa shape index (κ1) is 14.6. The molecule has 0 heterocycles. The molecule has 0 aliphatic rings. The van der Waals surface area contributed by atoms with Crippen molar-refractivity contribution in [1.82, 2.24) is 0 Å². The molecular formula is C12H16BrNO4. The number of nitrogens with zero attached hydrogens (tertiary/aromatic N) is 1. The van der Waals surface area contributed by atoms with E-state index in [1.165, 1.54) is 14.2 Å². The lowest BCUT2D eigenvalue weighted by Crippen LogP contribution is -2.31. The third-order valence-corrected chi connectivity index (χ3v) is 2.99. The lowest BCUT2D eigenvalue weighted by molar-refractivity contribution is -0.116. The number of amides is 1. The number of phenols is 1. The highest BCUT2D eigenvalue weighted by Gasteiger charge is 2.18. The van der Waals surface area contributed by atoms with Crippen LogP contribution in [0, 0.1) is 0 Å². The molecule has 0 bridgehead atoms. The number of anilines is 1. The smallest absolute Gasteiger partial charge is 0.237 e. The van der Waals surface area contributed by atoms with Crippen LogP contribution in [0.25, 0.3) is 0 Å². The number of alkyl halides is 1. The van der Waals surface area contributed by atoms with E-state index in [1.54, 1.807) is 17.0 Å². The van der Waals surface area contributed by atoms with Crippen molar-refractivity contribution in [3.05, 3.63) is 12.1 Å². The maximum atomic E-state index is 11.8. The summed E-state index contributed by atoms with van der Waals surface area (Å²) in [5.74, 6) is 0.383. The molecular weight excluding hydrogens is 302 g/mol. The summed E-state index contributed by atoms with van der Waals surface area (Å²) in [7, 11) is 2.89. The van der Waals surface area contributed by atoms with E-state index in [0.29, 0.717) is 12.2 Å². The van der Waals surface area contributed by atoms with Crippen LogP contribution in [-0.4, -0.2) is 37.1 Å². The lowest BCUT2D eigenvalue weighted by Gasteiger charge is -2.22. The van der Waals surface area contributed by atoms with E-state index in [1.807, 2.05) is 6.92 Å². The minimum atomic E-state index is -0.0777. The van der Waals surface area contributed by atoms with E-state index in [-0.39, 0.29) is 28.5 Å². The summed E-state index contributed by atoms with van der Waals surface area (Å²) < 4.78 is 10.1. The van der Waals surface area contributed by atoms with Crippen LogP contribution in [0.15, 0.2) is 12.1 Å². The highest BCUT2D eigenvalue weighted by atomic mass is 79.9. The zero-order chi connectivity index (χ0) is 13.7. The summed E-state index contributed by atoms with van der Waals surface area (Å²) in [4.78, 5) is 13.3. The molecule has 1 aromatic carbocycles. The van der Waals surface area contributed by atoms with Gasteiger partial charge in [0.15, 0.2) is 11.5 Å². The van der Waals surface area contributed by atoms with Crippen molar-refractivity contribution in [2.75, 3.05) is 31.0 Å². The van der Waals surface area contributed by atoms with Gasteiger partial charge in [0.25, 0.3) is 0 Å². The van der Waals surface area contributed by atoms with Crippen molar-refractivity contribution in [2.45, 2.75) is 6.92 Å². The van der Waals surface area contributed by atoms with Gasteiger partial charge in [-0.3, -0.25) is 4.79 Å². The Hall–Kier alpha value is -1.43. The van der Waals surface area contributed by atoms with Crippen LogP contribution in [0.2, 0.25) is 0 Å². The first-order chi connectivity index (χ1) is 8.58. The monoisotopic (exact) mass is 317 g/mol. The predicted octanol–water partition coefficient (Wildman–Crippen LogP) is 2.16. The lowest BCUT2D eigenvalue weighted by atomic mass is 10.2. The molecule has 1 amide bonds. The number of phenolic OH excluding ortho intramolecular Hbond substituents is 1. The molecule has 0 aromatic heterocycles. The Bertz CT molecular complexity index is 411. The predicted molar refractivity (Wildman–Crippen MR) is 73.0 cm³/mol. The second kappa shape index (κ2) is 6.49. The van der Waals surface area contributed by atoms with Gasteiger partial charge in [-0.2, -0.15) is 0 Å². The molecule has 0 atom stereocenters. The fraction of sp³-hybridized carbons (Fsp3) is 0.417. The highest BCUT2D eigenvalue weighted by Crippen LogP contribution is 2.40. The topological polar surface area (TPSA) is 59.0 Å². The third kappa shape index (κ3) is 2.87. The van der Waals surface area contributed by atoms with Crippen molar-refractivity contribution in [1.29, 1.82) is 0 Å². The quantitative estimate of drug-likeness (QED) is 0.845. The van der Waals surface area contributed by atoms with Gasteiger partial charge in [0.05, 0.1) is 25.2 Å². The first-order valence-electron chi connectivity index (χ1n) is 5.40. The summed E-state index contributed by atoms with van der Waals surface area (Å²) in [6, 6.07) is 3.20. The maximum absolute atomic E-state index is 11.8. The van der Waals surface area contributed by atoms with E-state index in [9.17, 15) is 9.90 Å². The van der Waals surface area contributed by atoms with Crippen LogP contribution in [0.1, 0.15) is 6.92 Å². The molecule has 0 spiro atoms. The van der Waals surface area contributed by atoms with E-state index in [4.69, 9.17) is 9.47 Å². The number of ether oxygens (including phenoxy) is 2. The molecule has 0 unspecified atom stereocenters. The van der Waals surface area contributed by atoms with E-state index < -0.39 is 0 Å². The average molecular weight is 318 g/mol. The summed E-state index contributed by atoms with van der Waals surface area (Å²) in [5, 5.41) is 10.0.